The van der Waals surface area contributed by atoms with E-state index in [0.29, 0.717) is 5.92 Å². The standard InChI is InChI=1S/C16H29N3O2/c1-11(2)15(21-6)16-18-12(3)14(13(4)19-16)7-8-17-9-10-20-5/h11,15,17H,7-10H2,1-6H3. The summed E-state index contributed by atoms with van der Waals surface area (Å²) < 4.78 is 10.5. The van der Waals surface area contributed by atoms with Crippen molar-refractivity contribution in [3.63, 3.8) is 0 Å². The number of aryl methyl sites for hydroxylation is 2. The molecule has 0 saturated carbocycles. The lowest BCUT2D eigenvalue weighted by Gasteiger charge is -2.20. The Kier molecular flexibility index (Phi) is 7.78. The number of rotatable bonds is 9. The van der Waals surface area contributed by atoms with Gasteiger partial charge in [-0.15, -0.1) is 0 Å². The highest BCUT2D eigenvalue weighted by Gasteiger charge is 2.20. The van der Waals surface area contributed by atoms with Crippen LogP contribution in [0.3, 0.4) is 0 Å². The molecule has 1 heterocycles. The first-order valence-electron chi connectivity index (χ1n) is 7.57. The van der Waals surface area contributed by atoms with Crippen LogP contribution in [0.1, 0.15) is 42.7 Å². The first-order valence-corrected chi connectivity index (χ1v) is 7.57. The van der Waals surface area contributed by atoms with Gasteiger partial charge in [0.1, 0.15) is 6.10 Å². The third kappa shape index (κ3) is 5.34. The van der Waals surface area contributed by atoms with Gasteiger partial charge in [-0.3, -0.25) is 0 Å². The molecule has 21 heavy (non-hydrogen) atoms. The van der Waals surface area contributed by atoms with Gasteiger partial charge in [0.15, 0.2) is 5.82 Å². The van der Waals surface area contributed by atoms with Crippen molar-refractivity contribution in [1.29, 1.82) is 0 Å². The molecule has 0 fully saturated rings. The fourth-order valence-electron chi connectivity index (χ4n) is 2.44. The van der Waals surface area contributed by atoms with Crippen LogP contribution in [-0.4, -0.2) is 43.9 Å². The summed E-state index contributed by atoms with van der Waals surface area (Å²) in [6.07, 6.45) is 0.886. The summed E-state index contributed by atoms with van der Waals surface area (Å²) in [6.45, 7) is 10.9. The molecule has 0 aliphatic heterocycles. The van der Waals surface area contributed by atoms with Crippen LogP contribution in [0.2, 0.25) is 0 Å². The second kappa shape index (κ2) is 9.07. The van der Waals surface area contributed by atoms with E-state index in [1.165, 1.54) is 5.56 Å². The lowest BCUT2D eigenvalue weighted by Crippen LogP contribution is -2.23. The number of methoxy groups -OCH3 is 2. The molecule has 1 atom stereocenters. The topological polar surface area (TPSA) is 56.3 Å². The maximum Gasteiger partial charge on any atom is 0.157 e. The van der Waals surface area contributed by atoms with Crippen LogP contribution in [0.25, 0.3) is 0 Å². The van der Waals surface area contributed by atoms with Crippen LogP contribution in [0.15, 0.2) is 0 Å². The van der Waals surface area contributed by atoms with E-state index in [4.69, 9.17) is 9.47 Å². The Morgan fingerprint density at radius 1 is 1.05 bits per heavy atom. The zero-order valence-electron chi connectivity index (χ0n) is 14.2. The Labute approximate surface area is 128 Å². The molecule has 1 aromatic rings. The Morgan fingerprint density at radius 2 is 1.67 bits per heavy atom. The smallest absolute Gasteiger partial charge is 0.157 e. The first-order chi connectivity index (χ1) is 10.0. The highest BCUT2D eigenvalue weighted by Crippen LogP contribution is 2.23. The maximum absolute atomic E-state index is 5.52. The van der Waals surface area contributed by atoms with Crippen LogP contribution in [-0.2, 0) is 15.9 Å². The molecule has 1 rings (SSSR count). The second-order valence-corrected chi connectivity index (χ2v) is 5.62. The first kappa shape index (κ1) is 18.0. The van der Waals surface area contributed by atoms with Crippen LogP contribution in [0.4, 0.5) is 0 Å². The van der Waals surface area contributed by atoms with Gasteiger partial charge in [-0.2, -0.15) is 0 Å². The number of ether oxygens (including phenoxy) is 2. The van der Waals surface area contributed by atoms with Crippen LogP contribution in [0, 0.1) is 19.8 Å². The van der Waals surface area contributed by atoms with Crippen molar-refractivity contribution in [3.05, 3.63) is 22.8 Å². The SMILES string of the molecule is COCCNCCc1c(C)nc(C(OC)C(C)C)nc1C. The molecule has 0 bridgehead atoms. The monoisotopic (exact) mass is 295 g/mol. The molecule has 120 valence electrons. The summed E-state index contributed by atoms with van der Waals surface area (Å²) in [5.74, 6) is 1.15. The molecule has 0 amide bonds. The van der Waals surface area contributed by atoms with E-state index in [1.54, 1.807) is 14.2 Å². The predicted octanol–water partition coefficient (Wildman–Crippen LogP) is 2.22. The molecule has 1 unspecified atom stereocenters. The average Bonchev–Trinajstić information content (AvgIpc) is 2.41. The van der Waals surface area contributed by atoms with Crippen LogP contribution in [0.5, 0.6) is 0 Å². The van der Waals surface area contributed by atoms with E-state index in [2.05, 4.69) is 43.0 Å². The van der Waals surface area contributed by atoms with Crippen LogP contribution >= 0.6 is 0 Å². The minimum atomic E-state index is -0.0451. The van der Waals surface area contributed by atoms with E-state index in [9.17, 15) is 0 Å². The molecule has 0 aliphatic rings. The number of hydrogen-bond acceptors (Lipinski definition) is 5. The molecule has 0 aliphatic carbocycles. The number of nitrogens with one attached hydrogen (secondary N) is 1. The molecule has 5 nitrogen and oxygen atoms in total. The van der Waals surface area contributed by atoms with Gasteiger partial charge in [-0.05, 0) is 38.3 Å². The molecule has 5 heteroatoms. The average molecular weight is 295 g/mol. The van der Waals surface area contributed by atoms with E-state index < -0.39 is 0 Å². The molecular formula is C16H29N3O2. The summed E-state index contributed by atoms with van der Waals surface area (Å²) >= 11 is 0. The van der Waals surface area contributed by atoms with E-state index in [-0.39, 0.29) is 6.10 Å². The number of aromatic nitrogens is 2. The van der Waals surface area contributed by atoms with Gasteiger partial charge in [0.2, 0.25) is 0 Å². The van der Waals surface area contributed by atoms with Gasteiger partial charge in [0.05, 0.1) is 6.61 Å². The normalized spacial score (nSPS) is 12.9. The fraction of sp³-hybridized carbons (Fsp3) is 0.750. The predicted molar refractivity (Wildman–Crippen MR) is 84.5 cm³/mol. The van der Waals surface area contributed by atoms with Crippen molar-refractivity contribution in [3.8, 4) is 0 Å². The van der Waals surface area contributed by atoms with Crippen molar-refractivity contribution in [2.75, 3.05) is 33.9 Å². The van der Waals surface area contributed by atoms with Crippen LogP contribution < -0.4 is 5.32 Å². The Bertz CT molecular complexity index is 413. The molecular weight excluding hydrogens is 266 g/mol. The summed E-state index contributed by atoms with van der Waals surface area (Å²) in [7, 11) is 3.43. The van der Waals surface area contributed by atoms with Gasteiger partial charge in [-0.25, -0.2) is 9.97 Å². The highest BCUT2D eigenvalue weighted by atomic mass is 16.5. The zero-order chi connectivity index (χ0) is 15.8. The van der Waals surface area contributed by atoms with Gasteiger partial charge in [0, 0.05) is 32.2 Å². The van der Waals surface area contributed by atoms with Gasteiger partial charge in [-0.1, -0.05) is 13.8 Å². The Morgan fingerprint density at radius 3 is 2.14 bits per heavy atom. The highest BCUT2D eigenvalue weighted by molar-refractivity contribution is 5.25. The van der Waals surface area contributed by atoms with Crippen molar-refractivity contribution < 1.29 is 9.47 Å². The lowest BCUT2D eigenvalue weighted by atomic mass is 10.0. The Hall–Kier alpha value is -1.04. The third-order valence-electron chi connectivity index (χ3n) is 3.59. The molecule has 0 radical (unpaired) electrons. The van der Waals surface area contributed by atoms with E-state index in [1.807, 2.05) is 0 Å². The van der Waals surface area contributed by atoms with Gasteiger partial charge < -0.3 is 14.8 Å². The van der Waals surface area contributed by atoms with E-state index >= 15 is 0 Å². The minimum Gasteiger partial charge on any atom is -0.383 e. The van der Waals surface area contributed by atoms with Crippen molar-refractivity contribution >= 4 is 0 Å². The van der Waals surface area contributed by atoms with Gasteiger partial charge in [0.25, 0.3) is 0 Å². The molecule has 0 spiro atoms. The lowest BCUT2D eigenvalue weighted by molar-refractivity contribution is 0.0571. The molecule has 1 N–H and O–H groups in total. The largest absolute Gasteiger partial charge is 0.383 e. The second-order valence-electron chi connectivity index (χ2n) is 5.62. The maximum atomic E-state index is 5.52. The van der Waals surface area contributed by atoms with Crippen molar-refractivity contribution in [2.45, 2.75) is 40.2 Å². The molecule has 0 aromatic carbocycles. The number of hydrogen-bond donors (Lipinski definition) is 1. The molecule has 1 aromatic heterocycles. The van der Waals surface area contributed by atoms with Crippen molar-refractivity contribution in [1.82, 2.24) is 15.3 Å². The summed E-state index contributed by atoms with van der Waals surface area (Å²) in [5.41, 5.74) is 3.32. The summed E-state index contributed by atoms with van der Waals surface area (Å²) in [6, 6.07) is 0. The Balaban J connectivity index is 2.75. The summed E-state index contributed by atoms with van der Waals surface area (Å²) in [4.78, 5) is 9.31. The zero-order valence-corrected chi connectivity index (χ0v) is 14.2. The minimum absolute atomic E-state index is 0.0451. The van der Waals surface area contributed by atoms with Crippen molar-refractivity contribution in [2.24, 2.45) is 5.92 Å². The number of nitrogens with zero attached hydrogens (tertiary/aromatic N) is 2. The third-order valence-corrected chi connectivity index (χ3v) is 3.59. The van der Waals surface area contributed by atoms with Gasteiger partial charge >= 0.3 is 0 Å². The van der Waals surface area contributed by atoms with E-state index in [0.717, 1.165) is 43.3 Å². The molecule has 0 saturated heterocycles. The quantitative estimate of drug-likeness (QED) is 0.708. The fourth-order valence-corrected chi connectivity index (χ4v) is 2.44. The summed E-state index contributed by atoms with van der Waals surface area (Å²) in [5, 5.41) is 3.35.